The molecule has 0 aliphatic carbocycles. The van der Waals surface area contributed by atoms with E-state index < -0.39 is 10.1 Å². The van der Waals surface area contributed by atoms with Gasteiger partial charge in [0.1, 0.15) is 6.61 Å². The Balaban J connectivity index is 1.68. The number of benzene rings is 1. The number of ether oxygens (including phenoxy) is 10. The first-order chi connectivity index (χ1) is 24.5. The zero-order valence-corrected chi connectivity index (χ0v) is 31.1. The molecule has 0 spiro atoms. The fraction of sp³-hybridized carbons (Fsp3) is 0.800. The van der Waals surface area contributed by atoms with E-state index in [4.69, 9.17) is 51.6 Å². The summed E-state index contributed by atoms with van der Waals surface area (Å²) in [7, 11) is -3.78. The van der Waals surface area contributed by atoms with E-state index in [1.165, 1.54) is 31.4 Å². The molecule has 0 aromatic heterocycles. The maximum Gasteiger partial charge on any atom is 0.305 e. The third-order valence-corrected chi connectivity index (χ3v) is 8.05. The molecule has 0 aliphatic heterocycles. The Labute approximate surface area is 299 Å². The van der Waals surface area contributed by atoms with Crippen LogP contribution in [-0.4, -0.2) is 147 Å². The number of hydrogen-bond acceptors (Lipinski definition) is 14. The number of carbonyl (C=O) groups is 1. The Hall–Kier alpha value is -1.76. The predicted molar refractivity (Wildman–Crippen MR) is 186 cm³/mol. The van der Waals surface area contributed by atoms with Gasteiger partial charge in [-0.25, -0.2) is 0 Å². The third kappa shape index (κ3) is 29.9. The van der Waals surface area contributed by atoms with E-state index in [-0.39, 0.29) is 30.7 Å². The van der Waals surface area contributed by atoms with E-state index in [0.29, 0.717) is 119 Å². The Bertz CT molecular complexity index is 994. The van der Waals surface area contributed by atoms with Crippen molar-refractivity contribution < 1.29 is 64.8 Å². The second kappa shape index (κ2) is 34.3. The highest BCUT2D eigenvalue weighted by atomic mass is 32.2. The third-order valence-electron chi connectivity index (χ3n) is 6.73. The summed E-state index contributed by atoms with van der Waals surface area (Å²) in [6, 6.07) is 6.48. The van der Waals surface area contributed by atoms with Gasteiger partial charge in [0.2, 0.25) is 0 Å². The van der Waals surface area contributed by atoms with Crippen molar-refractivity contribution in [2.75, 3.05) is 132 Å². The Morgan fingerprint density at radius 2 is 0.820 bits per heavy atom. The molecule has 0 unspecified atom stereocenters. The smallest absolute Gasteiger partial charge is 0.305 e. The minimum absolute atomic E-state index is 0.0624. The summed E-state index contributed by atoms with van der Waals surface area (Å²) in [5.41, 5.74) is 0.973. The van der Waals surface area contributed by atoms with Gasteiger partial charge >= 0.3 is 5.97 Å². The second-order valence-corrected chi connectivity index (χ2v) is 12.6. The fourth-order valence-corrected chi connectivity index (χ4v) is 4.89. The zero-order chi connectivity index (χ0) is 36.2. The van der Waals surface area contributed by atoms with E-state index in [0.717, 1.165) is 18.4 Å². The predicted octanol–water partition coefficient (Wildman–Crippen LogP) is 3.75. The van der Waals surface area contributed by atoms with Crippen LogP contribution in [0.3, 0.4) is 0 Å². The minimum atomic E-state index is -3.78. The molecular formula is C35H62O14S. The van der Waals surface area contributed by atoms with Gasteiger partial charge in [0.05, 0.1) is 130 Å². The summed E-state index contributed by atoms with van der Waals surface area (Å²) in [6.45, 7) is 11.9. The lowest BCUT2D eigenvalue weighted by atomic mass is 10.1. The summed E-state index contributed by atoms with van der Waals surface area (Å²) >= 11 is 0. The summed E-state index contributed by atoms with van der Waals surface area (Å²) < 4.78 is 83.2. The van der Waals surface area contributed by atoms with Crippen molar-refractivity contribution in [2.24, 2.45) is 0 Å². The molecule has 0 saturated carbocycles. The van der Waals surface area contributed by atoms with E-state index >= 15 is 0 Å². The number of unbranched alkanes of at least 4 members (excludes halogenated alkanes) is 4. The molecule has 15 heteroatoms. The molecule has 0 saturated heterocycles. The van der Waals surface area contributed by atoms with Gasteiger partial charge in [0, 0.05) is 6.42 Å². The van der Waals surface area contributed by atoms with Crippen LogP contribution < -0.4 is 0 Å². The number of esters is 1. The number of aryl methyl sites for hydroxylation is 1. The highest BCUT2D eigenvalue weighted by Crippen LogP contribution is 2.13. The Morgan fingerprint density at radius 3 is 1.20 bits per heavy atom. The van der Waals surface area contributed by atoms with Gasteiger partial charge < -0.3 is 47.4 Å². The summed E-state index contributed by atoms with van der Waals surface area (Å²) in [4.78, 5) is 11.7. The molecule has 0 radical (unpaired) electrons. The van der Waals surface area contributed by atoms with Crippen LogP contribution in [0.15, 0.2) is 29.2 Å². The number of hydrogen-bond donors (Lipinski definition) is 0. The quantitative estimate of drug-likeness (QED) is 0.0550. The highest BCUT2D eigenvalue weighted by Gasteiger charge is 2.14. The normalized spacial score (nSPS) is 11.7. The molecular weight excluding hydrogens is 676 g/mol. The molecule has 1 rings (SSSR count). The Kier molecular flexibility index (Phi) is 31.8. The lowest BCUT2D eigenvalue weighted by molar-refractivity contribution is -0.145. The van der Waals surface area contributed by atoms with E-state index in [9.17, 15) is 13.2 Å². The lowest BCUT2D eigenvalue weighted by Gasteiger charge is -2.09. The largest absolute Gasteiger partial charge is 0.463 e. The van der Waals surface area contributed by atoms with E-state index in [1.807, 2.05) is 6.92 Å². The van der Waals surface area contributed by atoms with Crippen molar-refractivity contribution in [1.82, 2.24) is 0 Å². The molecule has 0 heterocycles. The molecule has 292 valence electrons. The van der Waals surface area contributed by atoms with Gasteiger partial charge in [-0.05, 0) is 25.5 Å². The zero-order valence-electron chi connectivity index (χ0n) is 30.3. The topological polar surface area (TPSA) is 153 Å². The average molecular weight is 739 g/mol. The van der Waals surface area contributed by atoms with Crippen LogP contribution in [0.2, 0.25) is 0 Å². The summed E-state index contributed by atoms with van der Waals surface area (Å²) in [5.74, 6) is -0.155. The first-order valence-electron chi connectivity index (χ1n) is 17.8. The number of rotatable bonds is 38. The molecule has 0 bridgehead atoms. The van der Waals surface area contributed by atoms with Gasteiger partial charge in [-0.1, -0.05) is 50.3 Å². The van der Waals surface area contributed by atoms with Crippen molar-refractivity contribution in [2.45, 2.75) is 57.3 Å². The first-order valence-corrected chi connectivity index (χ1v) is 19.2. The molecule has 0 fully saturated rings. The van der Waals surface area contributed by atoms with Gasteiger partial charge in [-0.15, -0.1) is 0 Å². The van der Waals surface area contributed by atoms with Crippen LogP contribution in [0, 0.1) is 6.92 Å². The second-order valence-electron chi connectivity index (χ2n) is 11.0. The van der Waals surface area contributed by atoms with Crippen LogP contribution in [0.5, 0.6) is 0 Å². The van der Waals surface area contributed by atoms with Crippen molar-refractivity contribution in [3.63, 3.8) is 0 Å². The van der Waals surface area contributed by atoms with Crippen molar-refractivity contribution >= 4 is 16.1 Å². The Morgan fingerprint density at radius 1 is 0.480 bits per heavy atom. The molecule has 14 nitrogen and oxygen atoms in total. The van der Waals surface area contributed by atoms with Gasteiger partial charge in [-0.3, -0.25) is 8.98 Å². The van der Waals surface area contributed by atoms with Crippen molar-refractivity contribution in [1.29, 1.82) is 0 Å². The van der Waals surface area contributed by atoms with Crippen LogP contribution in [0.4, 0.5) is 0 Å². The SMILES string of the molecule is CCCCCCCC(=O)OCCOCCOCCOCCOCCOCCOCCOCCOCCOCCOS(=O)(=O)c1ccc(C)cc1. The maximum absolute atomic E-state index is 12.1. The van der Waals surface area contributed by atoms with E-state index in [1.54, 1.807) is 12.1 Å². The van der Waals surface area contributed by atoms with Crippen LogP contribution in [-0.2, 0) is 66.5 Å². The minimum Gasteiger partial charge on any atom is -0.463 e. The van der Waals surface area contributed by atoms with Crippen LogP contribution in [0.25, 0.3) is 0 Å². The molecule has 1 aromatic rings. The molecule has 0 aliphatic rings. The van der Waals surface area contributed by atoms with Gasteiger partial charge in [-0.2, -0.15) is 8.42 Å². The lowest BCUT2D eigenvalue weighted by Crippen LogP contribution is -2.16. The molecule has 1 aromatic carbocycles. The fourth-order valence-electron chi connectivity index (χ4n) is 4.00. The van der Waals surface area contributed by atoms with Crippen LogP contribution in [0.1, 0.15) is 51.0 Å². The maximum atomic E-state index is 12.1. The summed E-state index contributed by atoms with van der Waals surface area (Å²) in [5, 5.41) is 0. The molecule has 0 amide bonds. The van der Waals surface area contributed by atoms with Crippen molar-refractivity contribution in [3.05, 3.63) is 29.8 Å². The van der Waals surface area contributed by atoms with Gasteiger partial charge in [0.25, 0.3) is 10.1 Å². The summed E-state index contributed by atoms with van der Waals surface area (Å²) in [6.07, 6.45) is 6.03. The first kappa shape index (κ1) is 46.3. The number of carbonyl (C=O) groups excluding carboxylic acids is 1. The van der Waals surface area contributed by atoms with Gasteiger partial charge in [0.15, 0.2) is 0 Å². The monoisotopic (exact) mass is 738 g/mol. The van der Waals surface area contributed by atoms with Crippen LogP contribution >= 0.6 is 0 Å². The van der Waals surface area contributed by atoms with Crippen molar-refractivity contribution in [3.8, 4) is 0 Å². The van der Waals surface area contributed by atoms with E-state index in [2.05, 4.69) is 6.92 Å². The average Bonchev–Trinajstić information content (AvgIpc) is 3.10. The molecule has 50 heavy (non-hydrogen) atoms. The molecule has 0 N–H and O–H groups in total. The standard InChI is InChI=1S/C35H62O14S/c1-3-4-5-6-7-8-35(36)48-31-29-46-27-25-44-23-21-42-19-17-40-15-13-39-14-16-41-18-20-43-22-24-45-26-28-47-30-32-49-50(37,38)34-11-9-33(2)10-12-34/h9-12H,3-8,13-32H2,1-2H3. The highest BCUT2D eigenvalue weighted by molar-refractivity contribution is 7.86. The molecule has 0 atom stereocenters.